The van der Waals surface area contributed by atoms with E-state index in [1.165, 1.54) is 0 Å². The summed E-state index contributed by atoms with van der Waals surface area (Å²) in [4.78, 5) is 14.8. The lowest BCUT2D eigenvalue weighted by Crippen LogP contribution is -2.32. The Hall–Kier alpha value is -1.78. The molecule has 1 aliphatic carbocycles. The van der Waals surface area contributed by atoms with Crippen LogP contribution in [-0.2, 0) is 11.3 Å². The average molecular weight is 267 g/mol. The Morgan fingerprint density at radius 3 is 2.68 bits per heavy atom. The molecule has 0 saturated heterocycles. The Morgan fingerprint density at radius 1 is 1.26 bits per heavy atom. The number of amides is 1. The van der Waals surface area contributed by atoms with E-state index < -0.39 is 12.0 Å². The van der Waals surface area contributed by atoms with Gasteiger partial charge >= 0.3 is 6.09 Å². The van der Waals surface area contributed by atoms with E-state index in [2.05, 4.69) is 4.99 Å². The van der Waals surface area contributed by atoms with Gasteiger partial charge in [0.25, 0.3) is 5.92 Å². The molecular formula is C14H15F2NO2. The van der Waals surface area contributed by atoms with Crippen molar-refractivity contribution in [2.24, 2.45) is 4.99 Å². The zero-order valence-electron chi connectivity index (χ0n) is 10.4. The molecule has 19 heavy (non-hydrogen) atoms. The molecule has 0 aliphatic heterocycles. The van der Waals surface area contributed by atoms with E-state index in [9.17, 15) is 13.6 Å². The highest BCUT2D eigenvalue weighted by molar-refractivity contribution is 5.98. The van der Waals surface area contributed by atoms with Crippen LogP contribution in [0.15, 0.2) is 35.3 Å². The first kappa shape index (κ1) is 13.6. The summed E-state index contributed by atoms with van der Waals surface area (Å²) in [6, 6.07) is 9.04. The lowest BCUT2D eigenvalue weighted by Gasteiger charge is -2.22. The lowest BCUT2D eigenvalue weighted by molar-refractivity contribution is 0.0543. The van der Waals surface area contributed by atoms with E-state index in [4.69, 9.17) is 4.74 Å². The van der Waals surface area contributed by atoms with E-state index in [0.29, 0.717) is 12.8 Å². The zero-order valence-corrected chi connectivity index (χ0v) is 10.4. The van der Waals surface area contributed by atoms with Gasteiger partial charge in [-0.15, -0.1) is 0 Å². The summed E-state index contributed by atoms with van der Waals surface area (Å²) in [5, 5.41) is 0. The Kier molecular flexibility index (Phi) is 4.24. The molecule has 5 heteroatoms. The van der Waals surface area contributed by atoms with Crippen molar-refractivity contribution in [3.8, 4) is 0 Å². The van der Waals surface area contributed by atoms with Crippen LogP contribution in [0.3, 0.4) is 0 Å². The number of carbonyl (C=O) groups is 1. The number of benzene rings is 1. The molecule has 0 heterocycles. The molecule has 0 unspecified atom stereocenters. The van der Waals surface area contributed by atoms with E-state index >= 15 is 0 Å². The Labute approximate surface area is 110 Å². The molecule has 1 aromatic carbocycles. The fraction of sp³-hybridized carbons (Fsp3) is 0.429. The summed E-state index contributed by atoms with van der Waals surface area (Å²) in [5.41, 5.74) is 0.447. The number of nitrogens with zero attached hydrogens (tertiary/aromatic N) is 1. The molecule has 0 spiro atoms. The van der Waals surface area contributed by atoms with Crippen LogP contribution in [0.25, 0.3) is 0 Å². The van der Waals surface area contributed by atoms with Crippen molar-refractivity contribution < 1.29 is 18.3 Å². The predicted molar refractivity (Wildman–Crippen MR) is 67.5 cm³/mol. The monoisotopic (exact) mass is 267 g/mol. The van der Waals surface area contributed by atoms with Gasteiger partial charge in [-0.25, -0.2) is 4.79 Å². The van der Waals surface area contributed by atoms with Gasteiger partial charge in [-0.1, -0.05) is 30.3 Å². The van der Waals surface area contributed by atoms with Crippen molar-refractivity contribution >= 4 is 11.8 Å². The van der Waals surface area contributed by atoms with E-state index in [0.717, 1.165) is 5.56 Å². The molecule has 0 radical (unpaired) electrons. The van der Waals surface area contributed by atoms with Crippen LogP contribution in [-0.4, -0.2) is 17.7 Å². The molecule has 1 saturated carbocycles. The number of ether oxygens (including phenoxy) is 1. The van der Waals surface area contributed by atoms with Crippen molar-refractivity contribution in [2.75, 3.05) is 0 Å². The van der Waals surface area contributed by atoms with Gasteiger partial charge in [-0.2, -0.15) is 13.8 Å². The van der Waals surface area contributed by atoms with Crippen molar-refractivity contribution in [1.29, 1.82) is 0 Å². The molecule has 3 nitrogen and oxygen atoms in total. The van der Waals surface area contributed by atoms with Gasteiger partial charge in [0.15, 0.2) is 0 Å². The molecule has 0 N–H and O–H groups in total. The predicted octanol–water partition coefficient (Wildman–Crippen LogP) is 3.97. The number of aliphatic imine (C=N–C) groups is 1. The lowest BCUT2D eigenvalue weighted by atomic mass is 9.94. The van der Waals surface area contributed by atoms with Gasteiger partial charge < -0.3 is 4.74 Å². The van der Waals surface area contributed by atoms with E-state index in [1.807, 2.05) is 18.2 Å². The highest BCUT2D eigenvalue weighted by Gasteiger charge is 2.38. The fourth-order valence-electron chi connectivity index (χ4n) is 1.97. The maximum Gasteiger partial charge on any atom is 0.434 e. The van der Waals surface area contributed by atoms with Gasteiger partial charge in [0.05, 0.1) is 5.71 Å². The Balaban J connectivity index is 1.93. The van der Waals surface area contributed by atoms with Gasteiger partial charge in [-0.05, 0) is 24.8 Å². The zero-order chi connectivity index (χ0) is 13.7. The van der Waals surface area contributed by atoms with Crippen LogP contribution >= 0.6 is 0 Å². The normalized spacial score (nSPS) is 20.2. The van der Waals surface area contributed by atoms with Crippen molar-refractivity contribution in [3.63, 3.8) is 0 Å². The molecule has 0 atom stereocenters. The maximum atomic E-state index is 13.5. The fourth-order valence-corrected chi connectivity index (χ4v) is 1.97. The first-order valence-electron chi connectivity index (χ1n) is 6.24. The minimum atomic E-state index is -2.97. The van der Waals surface area contributed by atoms with Crippen LogP contribution in [0.2, 0.25) is 0 Å². The summed E-state index contributed by atoms with van der Waals surface area (Å²) < 4.78 is 31.8. The first-order valence-corrected chi connectivity index (χ1v) is 6.24. The summed E-state index contributed by atoms with van der Waals surface area (Å²) in [6.45, 7) is 0.0437. The smallest absolute Gasteiger partial charge is 0.434 e. The number of rotatable bonds is 2. The number of hydrogen-bond acceptors (Lipinski definition) is 2. The standard InChI is InChI=1S/C14H15F2NO2/c15-14(16)9-5-4-8-12(14)17-13(18)19-10-11-6-2-1-3-7-11/h1-3,6-7H,4-5,8-10H2. The van der Waals surface area contributed by atoms with Gasteiger partial charge in [0.1, 0.15) is 6.61 Å². The average Bonchev–Trinajstić information content (AvgIpc) is 2.40. The third-order valence-electron chi connectivity index (χ3n) is 3.01. The second kappa shape index (κ2) is 5.91. The second-order valence-corrected chi connectivity index (χ2v) is 4.51. The van der Waals surface area contributed by atoms with Gasteiger partial charge in [-0.3, -0.25) is 0 Å². The third-order valence-corrected chi connectivity index (χ3v) is 3.01. The molecule has 1 aromatic rings. The van der Waals surface area contributed by atoms with Gasteiger partial charge in [0, 0.05) is 6.42 Å². The van der Waals surface area contributed by atoms with Crippen molar-refractivity contribution in [2.45, 2.75) is 38.2 Å². The van der Waals surface area contributed by atoms with E-state index in [1.54, 1.807) is 12.1 Å². The number of carbonyl (C=O) groups excluding carboxylic acids is 1. The highest BCUT2D eigenvalue weighted by atomic mass is 19.3. The molecule has 2 rings (SSSR count). The van der Waals surface area contributed by atoms with Crippen LogP contribution < -0.4 is 0 Å². The molecule has 1 aliphatic rings. The molecule has 0 aromatic heterocycles. The van der Waals surface area contributed by atoms with Crippen molar-refractivity contribution in [3.05, 3.63) is 35.9 Å². The largest absolute Gasteiger partial charge is 0.443 e. The van der Waals surface area contributed by atoms with E-state index in [-0.39, 0.29) is 25.2 Å². The van der Waals surface area contributed by atoms with Crippen LogP contribution in [0, 0.1) is 0 Å². The minimum Gasteiger partial charge on any atom is -0.443 e. The maximum absolute atomic E-state index is 13.5. The molecule has 0 bridgehead atoms. The summed E-state index contributed by atoms with van der Waals surface area (Å²) in [7, 11) is 0. The SMILES string of the molecule is O=C(N=C1CCCCC1(F)F)OCc1ccccc1. The molecule has 1 fully saturated rings. The minimum absolute atomic E-state index is 0.0437. The third kappa shape index (κ3) is 3.84. The highest BCUT2D eigenvalue weighted by Crippen LogP contribution is 2.31. The van der Waals surface area contributed by atoms with Crippen LogP contribution in [0.1, 0.15) is 31.2 Å². The first-order chi connectivity index (χ1) is 9.08. The Bertz CT molecular complexity index is 472. The van der Waals surface area contributed by atoms with Crippen LogP contribution in [0.4, 0.5) is 13.6 Å². The second-order valence-electron chi connectivity index (χ2n) is 4.51. The Morgan fingerprint density at radius 2 is 2.00 bits per heavy atom. The van der Waals surface area contributed by atoms with Crippen molar-refractivity contribution in [1.82, 2.24) is 0 Å². The topological polar surface area (TPSA) is 38.7 Å². The molecule has 102 valence electrons. The quantitative estimate of drug-likeness (QED) is 0.813. The number of hydrogen-bond donors (Lipinski definition) is 0. The van der Waals surface area contributed by atoms with Crippen LogP contribution in [0.5, 0.6) is 0 Å². The molecular weight excluding hydrogens is 252 g/mol. The number of halogens is 2. The molecule has 1 amide bonds. The summed E-state index contributed by atoms with van der Waals surface area (Å²) in [6.07, 6.45) is 0.0805. The summed E-state index contributed by atoms with van der Waals surface area (Å²) >= 11 is 0. The number of alkyl halides is 2. The summed E-state index contributed by atoms with van der Waals surface area (Å²) in [5.74, 6) is -2.97. The van der Waals surface area contributed by atoms with Gasteiger partial charge in [0.2, 0.25) is 0 Å².